The van der Waals surface area contributed by atoms with Gasteiger partial charge in [0.15, 0.2) is 5.82 Å². The van der Waals surface area contributed by atoms with Gasteiger partial charge in [0.05, 0.1) is 12.8 Å². The Kier molecular flexibility index (Phi) is 5.55. The zero-order valence-electron chi connectivity index (χ0n) is 12.4. The predicted molar refractivity (Wildman–Crippen MR) is 86.9 cm³/mol. The molecule has 0 radical (unpaired) electrons. The highest BCUT2D eigenvalue weighted by Crippen LogP contribution is 2.22. The SMILES string of the molecule is CCCOc1ccc(/C=N/Nc2cc(Cl)nc(C)n2)c(O)c1. The second kappa shape index (κ2) is 7.61. The number of ether oxygens (including phenoxy) is 1. The summed E-state index contributed by atoms with van der Waals surface area (Å²) in [5.74, 6) is 1.75. The molecule has 0 saturated carbocycles. The molecule has 2 rings (SSSR count). The van der Waals surface area contributed by atoms with E-state index in [1.807, 2.05) is 6.92 Å². The molecule has 7 heteroatoms. The maximum absolute atomic E-state index is 9.93. The third-order valence-corrected chi connectivity index (χ3v) is 2.86. The van der Waals surface area contributed by atoms with E-state index in [1.165, 1.54) is 6.21 Å². The van der Waals surface area contributed by atoms with Gasteiger partial charge in [0.2, 0.25) is 0 Å². The molecule has 6 nitrogen and oxygen atoms in total. The zero-order valence-corrected chi connectivity index (χ0v) is 13.1. The number of hydrazone groups is 1. The molecule has 0 aliphatic carbocycles. The van der Waals surface area contributed by atoms with Gasteiger partial charge >= 0.3 is 0 Å². The molecule has 1 aromatic carbocycles. The van der Waals surface area contributed by atoms with E-state index in [2.05, 4.69) is 20.5 Å². The molecule has 22 heavy (non-hydrogen) atoms. The van der Waals surface area contributed by atoms with Crippen molar-refractivity contribution in [1.29, 1.82) is 0 Å². The van der Waals surface area contributed by atoms with Crippen LogP contribution in [0.3, 0.4) is 0 Å². The molecule has 0 bridgehead atoms. The number of hydrogen-bond donors (Lipinski definition) is 2. The molecule has 1 heterocycles. The summed E-state index contributed by atoms with van der Waals surface area (Å²) in [6, 6.07) is 6.63. The summed E-state index contributed by atoms with van der Waals surface area (Å²) < 4.78 is 5.44. The molecule has 0 aliphatic rings. The van der Waals surface area contributed by atoms with E-state index in [0.717, 1.165) is 6.42 Å². The third-order valence-electron chi connectivity index (χ3n) is 2.66. The van der Waals surface area contributed by atoms with Crippen molar-refractivity contribution in [1.82, 2.24) is 9.97 Å². The minimum absolute atomic E-state index is 0.0936. The first-order valence-corrected chi connectivity index (χ1v) is 7.22. The Morgan fingerprint density at radius 2 is 2.18 bits per heavy atom. The van der Waals surface area contributed by atoms with Gasteiger partial charge < -0.3 is 9.84 Å². The van der Waals surface area contributed by atoms with Crippen molar-refractivity contribution in [2.24, 2.45) is 5.10 Å². The number of hydrogen-bond acceptors (Lipinski definition) is 6. The van der Waals surface area contributed by atoms with E-state index >= 15 is 0 Å². The van der Waals surface area contributed by atoms with Gasteiger partial charge in [-0.1, -0.05) is 18.5 Å². The zero-order chi connectivity index (χ0) is 15.9. The number of nitrogens with zero attached hydrogens (tertiary/aromatic N) is 3. The standard InChI is InChI=1S/C15H17ClN4O2/c1-3-6-22-12-5-4-11(13(21)7-12)9-17-20-15-8-14(16)18-10(2)19-15/h4-5,7-9,21H,3,6H2,1-2H3,(H,18,19,20)/b17-9+. The quantitative estimate of drug-likeness (QED) is 0.484. The fourth-order valence-electron chi connectivity index (χ4n) is 1.70. The largest absolute Gasteiger partial charge is 0.507 e. The van der Waals surface area contributed by atoms with E-state index in [0.29, 0.717) is 34.7 Å². The number of anilines is 1. The molecule has 0 fully saturated rings. The van der Waals surface area contributed by atoms with E-state index in [4.69, 9.17) is 16.3 Å². The lowest BCUT2D eigenvalue weighted by Crippen LogP contribution is -1.98. The third kappa shape index (κ3) is 4.60. The molecular weight excluding hydrogens is 304 g/mol. The topological polar surface area (TPSA) is 79.6 Å². The van der Waals surface area contributed by atoms with Crippen LogP contribution in [0.25, 0.3) is 0 Å². The normalized spacial score (nSPS) is 10.9. The lowest BCUT2D eigenvalue weighted by Gasteiger charge is -2.06. The van der Waals surface area contributed by atoms with E-state index in [-0.39, 0.29) is 5.75 Å². The van der Waals surface area contributed by atoms with Gasteiger partial charge in [-0.15, -0.1) is 0 Å². The fourth-order valence-corrected chi connectivity index (χ4v) is 1.92. The maximum Gasteiger partial charge on any atom is 0.151 e. The monoisotopic (exact) mass is 320 g/mol. The van der Waals surface area contributed by atoms with Crippen LogP contribution >= 0.6 is 11.6 Å². The van der Waals surface area contributed by atoms with Gasteiger partial charge in [-0.25, -0.2) is 9.97 Å². The summed E-state index contributed by atoms with van der Waals surface area (Å²) in [5, 5.41) is 14.3. The fraction of sp³-hybridized carbons (Fsp3) is 0.267. The van der Waals surface area contributed by atoms with Gasteiger partial charge in [-0.2, -0.15) is 5.10 Å². The van der Waals surface area contributed by atoms with Crippen molar-refractivity contribution >= 4 is 23.6 Å². The Balaban J connectivity index is 2.03. The molecule has 0 aliphatic heterocycles. The molecule has 116 valence electrons. The Morgan fingerprint density at radius 1 is 1.36 bits per heavy atom. The summed E-state index contributed by atoms with van der Waals surface area (Å²) in [7, 11) is 0. The number of rotatable bonds is 6. The Bertz CT molecular complexity index is 656. The summed E-state index contributed by atoms with van der Waals surface area (Å²) in [6.07, 6.45) is 2.40. The Morgan fingerprint density at radius 3 is 2.86 bits per heavy atom. The first kappa shape index (κ1) is 16.0. The summed E-state index contributed by atoms with van der Waals surface area (Å²) in [6.45, 7) is 4.37. The molecule has 0 unspecified atom stereocenters. The molecule has 2 aromatic rings. The summed E-state index contributed by atoms with van der Waals surface area (Å²) in [4.78, 5) is 8.09. The van der Waals surface area contributed by atoms with Crippen LogP contribution in [0.4, 0.5) is 5.82 Å². The van der Waals surface area contributed by atoms with Gasteiger partial charge in [0, 0.05) is 17.7 Å². The lowest BCUT2D eigenvalue weighted by molar-refractivity contribution is 0.315. The predicted octanol–water partition coefficient (Wildman–Crippen LogP) is 3.38. The van der Waals surface area contributed by atoms with Crippen molar-refractivity contribution in [2.75, 3.05) is 12.0 Å². The van der Waals surface area contributed by atoms with Crippen LogP contribution in [0.1, 0.15) is 24.7 Å². The van der Waals surface area contributed by atoms with Crippen LogP contribution in [0.15, 0.2) is 29.4 Å². The molecule has 0 amide bonds. The number of benzene rings is 1. The Hall–Kier alpha value is -2.34. The van der Waals surface area contributed by atoms with Crippen molar-refractivity contribution in [2.45, 2.75) is 20.3 Å². The molecule has 2 N–H and O–H groups in total. The van der Waals surface area contributed by atoms with Crippen LogP contribution in [0.2, 0.25) is 5.15 Å². The molecule has 0 saturated heterocycles. The van der Waals surface area contributed by atoms with Crippen LogP contribution < -0.4 is 10.2 Å². The first-order valence-electron chi connectivity index (χ1n) is 6.84. The van der Waals surface area contributed by atoms with Crippen LogP contribution in [0, 0.1) is 6.92 Å². The highest BCUT2D eigenvalue weighted by molar-refractivity contribution is 6.29. The Labute approximate surface area is 133 Å². The number of phenols is 1. The molecular formula is C15H17ClN4O2. The lowest BCUT2D eigenvalue weighted by atomic mass is 10.2. The van der Waals surface area contributed by atoms with E-state index in [9.17, 15) is 5.11 Å². The van der Waals surface area contributed by atoms with Gasteiger partial charge in [-0.3, -0.25) is 5.43 Å². The van der Waals surface area contributed by atoms with Crippen LogP contribution in [0.5, 0.6) is 11.5 Å². The number of halogens is 1. The highest BCUT2D eigenvalue weighted by Gasteiger charge is 2.02. The highest BCUT2D eigenvalue weighted by atomic mass is 35.5. The van der Waals surface area contributed by atoms with Gasteiger partial charge in [0.1, 0.15) is 22.5 Å². The number of aromatic hydroxyl groups is 1. The van der Waals surface area contributed by atoms with Crippen LogP contribution in [-0.4, -0.2) is 27.9 Å². The second-order valence-electron chi connectivity index (χ2n) is 4.56. The minimum Gasteiger partial charge on any atom is -0.507 e. The average Bonchev–Trinajstić information content (AvgIpc) is 2.46. The number of nitrogens with one attached hydrogen (secondary N) is 1. The van der Waals surface area contributed by atoms with Crippen molar-refractivity contribution in [3.05, 3.63) is 40.8 Å². The number of phenolic OH excluding ortho intramolecular Hbond substituents is 1. The minimum atomic E-state index is 0.0936. The molecule has 0 atom stereocenters. The first-order chi connectivity index (χ1) is 10.6. The average molecular weight is 321 g/mol. The van der Waals surface area contributed by atoms with Crippen LogP contribution in [-0.2, 0) is 0 Å². The molecule has 1 aromatic heterocycles. The number of aryl methyl sites for hydroxylation is 1. The molecule has 0 spiro atoms. The number of aromatic nitrogens is 2. The van der Waals surface area contributed by atoms with E-state index < -0.39 is 0 Å². The van der Waals surface area contributed by atoms with Crippen molar-refractivity contribution in [3.8, 4) is 11.5 Å². The maximum atomic E-state index is 9.93. The van der Waals surface area contributed by atoms with Gasteiger partial charge in [-0.05, 0) is 25.5 Å². The van der Waals surface area contributed by atoms with E-state index in [1.54, 1.807) is 31.2 Å². The van der Waals surface area contributed by atoms with Gasteiger partial charge in [0.25, 0.3) is 0 Å². The summed E-state index contributed by atoms with van der Waals surface area (Å²) in [5.41, 5.74) is 3.31. The van der Waals surface area contributed by atoms with Crippen molar-refractivity contribution < 1.29 is 9.84 Å². The van der Waals surface area contributed by atoms with Crippen molar-refractivity contribution in [3.63, 3.8) is 0 Å². The summed E-state index contributed by atoms with van der Waals surface area (Å²) >= 11 is 5.83. The second-order valence-corrected chi connectivity index (χ2v) is 4.95. The smallest absolute Gasteiger partial charge is 0.151 e.